The maximum absolute atomic E-state index is 11.4. The SMILES string of the molecule is CCCCCCCCC1OC(=O)C(C)C1C(=O)O. The zero-order chi connectivity index (χ0) is 13.5. The first kappa shape index (κ1) is 15.0. The average Bonchev–Trinajstić information content (AvgIpc) is 2.59. The van der Waals surface area contributed by atoms with Crippen LogP contribution in [0, 0.1) is 11.8 Å². The zero-order valence-corrected chi connectivity index (χ0v) is 11.4. The van der Waals surface area contributed by atoms with Crippen LogP contribution in [0.3, 0.4) is 0 Å². The van der Waals surface area contributed by atoms with E-state index in [2.05, 4.69) is 6.92 Å². The first-order chi connectivity index (χ1) is 8.57. The van der Waals surface area contributed by atoms with Crippen molar-refractivity contribution in [3.8, 4) is 0 Å². The molecule has 0 aromatic rings. The second kappa shape index (κ2) is 7.39. The summed E-state index contributed by atoms with van der Waals surface area (Å²) in [6.45, 7) is 3.82. The van der Waals surface area contributed by atoms with Gasteiger partial charge in [-0.2, -0.15) is 0 Å². The zero-order valence-electron chi connectivity index (χ0n) is 11.4. The van der Waals surface area contributed by atoms with E-state index in [9.17, 15) is 9.59 Å². The fraction of sp³-hybridized carbons (Fsp3) is 0.857. The molecule has 4 heteroatoms. The molecule has 0 bridgehead atoms. The number of cyclic esters (lactones) is 1. The van der Waals surface area contributed by atoms with Crippen LogP contribution < -0.4 is 0 Å². The van der Waals surface area contributed by atoms with Gasteiger partial charge in [-0.1, -0.05) is 46.0 Å². The second-order valence-corrected chi connectivity index (χ2v) is 5.18. The molecule has 1 heterocycles. The van der Waals surface area contributed by atoms with Crippen LogP contribution in [0.1, 0.15) is 58.8 Å². The van der Waals surface area contributed by atoms with Gasteiger partial charge in [-0.25, -0.2) is 0 Å². The Labute approximate surface area is 109 Å². The lowest BCUT2D eigenvalue weighted by molar-refractivity contribution is -0.144. The van der Waals surface area contributed by atoms with Gasteiger partial charge in [0.15, 0.2) is 0 Å². The van der Waals surface area contributed by atoms with Crippen molar-refractivity contribution < 1.29 is 19.4 Å². The molecule has 0 aromatic carbocycles. The Morgan fingerprint density at radius 2 is 1.83 bits per heavy atom. The summed E-state index contributed by atoms with van der Waals surface area (Å²) < 4.78 is 5.16. The average molecular weight is 256 g/mol. The van der Waals surface area contributed by atoms with Crippen molar-refractivity contribution in [3.63, 3.8) is 0 Å². The van der Waals surface area contributed by atoms with Crippen LogP contribution in [0.5, 0.6) is 0 Å². The van der Waals surface area contributed by atoms with Gasteiger partial charge in [0.25, 0.3) is 0 Å². The maximum Gasteiger partial charge on any atom is 0.311 e. The van der Waals surface area contributed by atoms with Gasteiger partial charge in [0.2, 0.25) is 0 Å². The van der Waals surface area contributed by atoms with Gasteiger partial charge in [-0.05, 0) is 12.8 Å². The second-order valence-electron chi connectivity index (χ2n) is 5.18. The van der Waals surface area contributed by atoms with Crippen molar-refractivity contribution in [3.05, 3.63) is 0 Å². The molecule has 0 aliphatic carbocycles. The molecule has 0 aromatic heterocycles. The van der Waals surface area contributed by atoms with E-state index < -0.39 is 23.9 Å². The maximum atomic E-state index is 11.4. The molecule has 0 amide bonds. The number of carboxylic acid groups (broad SMARTS) is 1. The molecule has 0 radical (unpaired) electrons. The Kier molecular flexibility index (Phi) is 6.16. The van der Waals surface area contributed by atoms with Gasteiger partial charge in [-0.15, -0.1) is 0 Å². The Morgan fingerprint density at radius 1 is 1.22 bits per heavy atom. The van der Waals surface area contributed by atoms with Crippen LogP contribution in [-0.2, 0) is 14.3 Å². The fourth-order valence-corrected chi connectivity index (χ4v) is 2.54. The number of ether oxygens (including phenoxy) is 1. The quantitative estimate of drug-likeness (QED) is 0.535. The van der Waals surface area contributed by atoms with Crippen molar-refractivity contribution in [1.29, 1.82) is 0 Å². The van der Waals surface area contributed by atoms with E-state index >= 15 is 0 Å². The molecule has 1 saturated heterocycles. The van der Waals surface area contributed by atoms with Crippen LogP contribution >= 0.6 is 0 Å². The van der Waals surface area contributed by atoms with Crippen molar-refractivity contribution in [2.75, 3.05) is 0 Å². The van der Waals surface area contributed by atoms with E-state index in [0.29, 0.717) is 6.42 Å². The minimum atomic E-state index is -0.913. The number of carbonyl (C=O) groups excluding carboxylic acids is 1. The summed E-state index contributed by atoms with van der Waals surface area (Å²) in [7, 11) is 0. The van der Waals surface area contributed by atoms with Crippen molar-refractivity contribution in [2.45, 2.75) is 64.9 Å². The number of carbonyl (C=O) groups is 2. The molecule has 1 fully saturated rings. The van der Waals surface area contributed by atoms with Gasteiger partial charge in [-0.3, -0.25) is 9.59 Å². The molecule has 4 nitrogen and oxygen atoms in total. The van der Waals surface area contributed by atoms with Gasteiger partial charge in [0, 0.05) is 0 Å². The summed E-state index contributed by atoms with van der Waals surface area (Å²) in [5.41, 5.74) is 0. The fourth-order valence-electron chi connectivity index (χ4n) is 2.54. The standard InChI is InChI=1S/C14H24O4/c1-3-4-5-6-7-8-9-11-12(13(15)16)10(2)14(17)18-11/h10-12H,3-9H2,1-2H3,(H,15,16). The molecule has 104 valence electrons. The van der Waals surface area contributed by atoms with Crippen LogP contribution in [-0.4, -0.2) is 23.1 Å². The summed E-state index contributed by atoms with van der Waals surface area (Å²) in [5.74, 6) is -2.44. The lowest BCUT2D eigenvalue weighted by atomic mass is 9.89. The van der Waals surface area contributed by atoms with E-state index in [0.717, 1.165) is 12.8 Å². The lowest BCUT2D eigenvalue weighted by Crippen LogP contribution is -2.27. The molecule has 0 spiro atoms. The summed E-state index contributed by atoms with van der Waals surface area (Å²) in [6, 6.07) is 0. The highest BCUT2D eigenvalue weighted by atomic mass is 16.6. The smallest absolute Gasteiger partial charge is 0.311 e. The Hall–Kier alpha value is -1.06. The Morgan fingerprint density at radius 3 is 2.44 bits per heavy atom. The third-order valence-corrected chi connectivity index (χ3v) is 3.71. The van der Waals surface area contributed by atoms with Crippen molar-refractivity contribution in [1.82, 2.24) is 0 Å². The van der Waals surface area contributed by atoms with E-state index in [4.69, 9.17) is 9.84 Å². The molecular formula is C14H24O4. The third-order valence-electron chi connectivity index (χ3n) is 3.71. The Balaban J connectivity index is 2.28. The highest BCUT2D eigenvalue weighted by Gasteiger charge is 2.45. The van der Waals surface area contributed by atoms with Crippen molar-refractivity contribution in [2.24, 2.45) is 11.8 Å². The van der Waals surface area contributed by atoms with E-state index in [1.165, 1.54) is 25.7 Å². The predicted molar refractivity (Wildman–Crippen MR) is 68.2 cm³/mol. The molecule has 3 unspecified atom stereocenters. The molecule has 0 saturated carbocycles. The molecule has 1 aliphatic heterocycles. The molecule has 3 atom stereocenters. The monoisotopic (exact) mass is 256 g/mol. The number of aliphatic carboxylic acids is 1. The highest BCUT2D eigenvalue weighted by Crippen LogP contribution is 2.31. The van der Waals surface area contributed by atoms with Gasteiger partial charge < -0.3 is 9.84 Å². The number of carboxylic acids is 1. The minimum absolute atomic E-state index is 0.363. The van der Waals surface area contributed by atoms with Crippen LogP contribution in [0.15, 0.2) is 0 Å². The highest BCUT2D eigenvalue weighted by molar-refractivity contribution is 5.84. The summed E-state index contributed by atoms with van der Waals surface area (Å²) in [6.07, 6.45) is 7.19. The molecule has 1 rings (SSSR count). The first-order valence-corrected chi connectivity index (χ1v) is 7.01. The molecular weight excluding hydrogens is 232 g/mol. The normalized spacial score (nSPS) is 27.2. The number of rotatable bonds is 8. The van der Waals surface area contributed by atoms with Crippen LogP contribution in [0.2, 0.25) is 0 Å². The number of hydrogen-bond donors (Lipinski definition) is 1. The number of hydrogen-bond acceptors (Lipinski definition) is 3. The van der Waals surface area contributed by atoms with Gasteiger partial charge in [0.05, 0.1) is 5.92 Å². The van der Waals surface area contributed by atoms with Gasteiger partial charge >= 0.3 is 11.9 Å². The summed E-state index contributed by atoms with van der Waals surface area (Å²) in [4.78, 5) is 22.5. The molecule has 1 aliphatic rings. The third kappa shape index (κ3) is 4.00. The summed E-state index contributed by atoms with van der Waals surface area (Å²) >= 11 is 0. The summed E-state index contributed by atoms with van der Waals surface area (Å²) in [5, 5.41) is 9.11. The topological polar surface area (TPSA) is 63.6 Å². The van der Waals surface area contributed by atoms with E-state index in [-0.39, 0.29) is 5.97 Å². The lowest BCUT2D eigenvalue weighted by Gasteiger charge is -2.15. The van der Waals surface area contributed by atoms with E-state index in [1.54, 1.807) is 6.92 Å². The van der Waals surface area contributed by atoms with Crippen molar-refractivity contribution >= 4 is 11.9 Å². The van der Waals surface area contributed by atoms with E-state index in [1.807, 2.05) is 0 Å². The first-order valence-electron chi connectivity index (χ1n) is 7.01. The number of unbranched alkanes of at least 4 members (excludes halogenated alkanes) is 5. The number of esters is 1. The minimum Gasteiger partial charge on any atom is -0.481 e. The molecule has 1 N–H and O–H groups in total. The van der Waals surface area contributed by atoms with Crippen LogP contribution in [0.25, 0.3) is 0 Å². The predicted octanol–water partition coefficient (Wildman–Crippen LogP) is 3.00. The molecule has 18 heavy (non-hydrogen) atoms. The Bertz CT molecular complexity index is 288. The van der Waals surface area contributed by atoms with Gasteiger partial charge in [0.1, 0.15) is 12.0 Å². The largest absolute Gasteiger partial charge is 0.481 e. The van der Waals surface area contributed by atoms with Crippen LogP contribution in [0.4, 0.5) is 0 Å².